The molecule has 9 nitrogen and oxygen atoms in total. The molecule has 1 fully saturated rings. The number of likely N-dealkylation sites (tertiary alicyclic amines) is 1. The third-order valence-corrected chi connectivity index (χ3v) is 5.85. The van der Waals surface area contributed by atoms with Gasteiger partial charge in [0.25, 0.3) is 5.56 Å². The van der Waals surface area contributed by atoms with Crippen LogP contribution in [0.5, 0.6) is 0 Å². The lowest BCUT2D eigenvalue weighted by Gasteiger charge is -2.32. The van der Waals surface area contributed by atoms with E-state index in [4.69, 9.17) is 20.9 Å². The number of benzene rings is 1. The summed E-state index contributed by atoms with van der Waals surface area (Å²) in [5, 5.41) is 3.44. The summed E-state index contributed by atoms with van der Waals surface area (Å²) in [7, 11) is 0. The molecule has 33 heavy (non-hydrogen) atoms. The van der Waals surface area contributed by atoms with Gasteiger partial charge in [-0.05, 0) is 25.9 Å². The maximum Gasteiger partial charge on any atom is 0.269 e. The first-order valence-electron chi connectivity index (χ1n) is 10.9. The Morgan fingerprint density at radius 2 is 1.97 bits per heavy atom. The number of nitrogens with zero attached hydrogens (tertiary/aromatic N) is 3. The minimum Gasteiger partial charge on any atom is -0.484 e. The highest BCUT2D eigenvalue weighted by Crippen LogP contribution is 2.17. The maximum absolute atomic E-state index is 14.0. The van der Waals surface area contributed by atoms with Crippen LogP contribution in [-0.4, -0.2) is 59.9 Å². The monoisotopic (exact) mass is 462 g/mol. The third kappa shape index (κ3) is 5.60. The van der Waals surface area contributed by atoms with Gasteiger partial charge < -0.3 is 35.7 Å². The van der Waals surface area contributed by atoms with E-state index in [2.05, 4.69) is 15.2 Å². The molecule has 2 aliphatic heterocycles. The second-order valence-corrected chi connectivity index (χ2v) is 8.14. The van der Waals surface area contributed by atoms with Crippen LogP contribution in [0.1, 0.15) is 12.8 Å². The van der Waals surface area contributed by atoms with Crippen molar-refractivity contribution in [1.29, 1.82) is 0 Å². The largest absolute Gasteiger partial charge is 0.484 e. The van der Waals surface area contributed by atoms with E-state index >= 15 is 0 Å². The summed E-state index contributed by atoms with van der Waals surface area (Å²) in [6.45, 7) is 3.95. The number of nitrogens with one attached hydrogen (secondary N) is 1. The summed E-state index contributed by atoms with van der Waals surface area (Å²) in [4.78, 5) is 18.3. The Hall–Kier alpha value is -3.18. The molecule has 2 aliphatic rings. The summed E-state index contributed by atoms with van der Waals surface area (Å²) in [5.74, 6) is -0.818. The van der Waals surface area contributed by atoms with Gasteiger partial charge in [-0.25, -0.2) is 13.8 Å². The van der Waals surface area contributed by atoms with Crippen molar-refractivity contribution in [2.24, 2.45) is 11.5 Å². The predicted octanol–water partition coefficient (Wildman–Crippen LogP) is 0.746. The fraction of sp³-hybridized carbons (Fsp3) is 0.455. The molecule has 178 valence electrons. The number of piperidine rings is 1. The average molecular weight is 463 g/mol. The van der Waals surface area contributed by atoms with Gasteiger partial charge in [-0.2, -0.15) is 0 Å². The highest BCUT2D eigenvalue weighted by Gasteiger charge is 2.20. The summed E-state index contributed by atoms with van der Waals surface area (Å²) in [6.07, 6.45) is 4.57. The van der Waals surface area contributed by atoms with Crippen LogP contribution in [0, 0.1) is 11.6 Å². The van der Waals surface area contributed by atoms with Gasteiger partial charge in [0.2, 0.25) is 5.88 Å². The molecule has 0 spiro atoms. The van der Waals surface area contributed by atoms with E-state index in [0.29, 0.717) is 50.3 Å². The molecule has 1 saturated heterocycles. The molecular weight excluding hydrogens is 434 g/mol. The van der Waals surface area contributed by atoms with Gasteiger partial charge in [-0.1, -0.05) is 0 Å². The number of halogens is 2. The van der Waals surface area contributed by atoms with Gasteiger partial charge in [0.05, 0.1) is 11.7 Å². The highest BCUT2D eigenvalue weighted by atomic mass is 19.1. The lowest BCUT2D eigenvalue weighted by Crippen LogP contribution is -2.44. The molecule has 0 unspecified atom stereocenters. The van der Waals surface area contributed by atoms with Crippen LogP contribution in [-0.2, 0) is 16.0 Å². The van der Waals surface area contributed by atoms with Gasteiger partial charge >= 0.3 is 0 Å². The standard InChI is InChI=1S/C22H28F2N6O3/c23-14-9-17(24)21-18(10-14)30(20(31)13-28-21)6-5-29-3-1-16(2-4-29)27-12-15(25)11-19-22(26)33-8-7-32-19/h9-11,13,16,27H,1-8,12,25-26H2/b15-11-. The molecule has 0 atom stereocenters. The lowest BCUT2D eigenvalue weighted by molar-refractivity contribution is 0.0679. The number of nitrogens with two attached hydrogens (primary N) is 2. The van der Waals surface area contributed by atoms with Crippen molar-refractivity contribution in [1.82, 2.24) is 19.8 Å². The van der Waals surface area contributed by atoms with E-state index in [1.165, 1.54) is 4.57 Å². The van der Waals surface area contributed by atoms with Crippen LogP contribution in [0.4, 0.5) is 8.78 Å². The highest BCUT2D eigenvalue weighted by molar-refractivity contribution is 5.75. The summed E-state index contributed by atoms with van der Waals surface area (Å²) >= 11 is 0. The summed E-state index contributed by atoms with van der Waals surface area (Å²) in [5.41, 5.74) is 12.2. The van der Waals surface area contributed by atoms with E-state index in [0.717, 1.165) is 44.3 Å². The van der Waals surface area contributed by atoms with Gasteiger partial charge in [0.1, 0.15) is 24.5 Å². The predicted molar refractivity (Wildman–Crippen MR) is 119 cm³/mol. The van der Waals surface area contributed by atoms with Gasteiger partial charge in [0.15, 0.2) is 11.6 Å². The summed E-state index contributed by atoms with van der Waals surface area (Å²) in [6, 6.07) is 2.22. The Kier molecular flexibility index (Phi) is 7.09. The van der Waals surface area contributed by atoms with Crippen LogP contribution in [0.3, 0.4) is 0 Å². The number of hydrogen-bond acceptors (Lipinski definition) is 8. The fourth-order valence-electron chi connectivity index (χ4n) is 4.07. The average Bonchev–Trinajstić information content (AvgIpc) is 2.79. The van der Waals surface area contributed by atoms with Gasteiger partial charge in [0, 0.05) is 49.6 Å². The molecular formula is C22H28F2N6O3. The normalized spacial score (nSPS) is 18.4. The first kappa shape index (κ1) is 23.0. The van der Waals surface area contributed by atoms with E-state index in [1.54, 1.807) is 6.08 Å². The van der Waals surface area contributed by atoms with E-state index in [9.17, 15) is 13.6 Å². The topological polar surface area (TPSA) is 121 Å². The zero-order valence-corrected chi connectivity index (χ0v) is 18.2. The molecule has 0 saturated carbocycles. The molecule has 4 rings (SSSR count). The van der Waals surface area contributed by atoms with Crippen LogP contribution < -0.4 is 22.3 Å². The number of rotatable bonds is 7. The second kappa shape index (κ2) is 10.2. The zero-order valence-electron chi connectivity index (χ0n) is 18.2. The van der Waals surface area contributed by atoms with E-state index in [-0.39, 0.29) is 22.5 Å². The van der Waals surface area contributed by atoms with Crippen LogP contribution in [0.25, 0.3) is 11.0 Å². The molecule has 5 N–H and O–H groups in total. The van der Waals surface area contributed by atoms with Crippen LogP contribution in [0.2, 0.25) is 0 Å². The molecule has 1 aromatic carbocycles. The summed E-state index contributed by atoms with van der Waals surface area (Å²) < 4.78 is 39.8. The Morgan fingerprint density at radius 3 is 2.73 bits per heavy atom. The molecule has 0 aliphatic carbocycles. The number of allylic oxidation sites excluding steroid dienone is 1. The first-order chi connectivity index (χ1) is 15.9. The molecule has 0 bridgehead atoms. The lowest BCUT2D eigenvalue weighted by atomic mass is 10.0. The van der Waals surface area contributed by atoms with Crippen LogP contribution >= 0.6 is 0 Å². The fourth-order valence-corrected chi connectivity index (χ4v) is 4.07. The Bertz CT molecular complexity index is 1130. The quantitative estimate of drug-likeness (QED) is 0.551. The Balaban J connectivity index is 1.28. The van der Waals surface area contributed by atoms with E-state index < -0.39 is 11.6 Å². The van der Waals surface area contributed by atoms with Gasteiger partial charge in [-0.3, -0.25) is 4.79 Å². The number of ether oxygens (including phenoxy) is 2. The molecule has 0 amide bonds. The zero-order chi connectivity index (χ0) is 23.4. The number of fused-ring (bicyclic) bond motifs is 1. The molecule has 2 aromatic rings. The van der Waals surface area contributed by atoms with Crippen molar-refractivity contribution in [3.8, 4) is 0 Å². The van der Waals surface area contributed by atoms with Crippen LogP contribution in [0.15, 0.2) is 46.5 Å². The molecule has 0 radical (unpaired) electrons. The smallest absolute Gasteiger partial charge is 0.269 e. The molecule has 1 aromatic heterocycles. The van der Waals surface area contributed by atoms with Crippen molar-refractivity contribution in [2.75, 3.05) is 39.4 Å². The Morgan fingerprint density at radius 1 is 1.21 bits per heavy atom. The third-order valence-electron chi connectivity index (χ3n) is 5.85. The SMILES string of the molecule is NC1=C(/C=C(\N)CNC2CCN(CCn3c(=O)cnc4c(F)cc(F)cc43)CC2)OCCO1. The van der Waals surface area contributed by atoms with Crippen molar-refractivity contribution < 1.29 is 18.3 Å². The Labute approximate surface area is 189 Å². The second-order valence-electron chi connectivity index (χ2n) is 8.14. The van der Waals surface area contributed by atoms with Crippen molar-refractivity contribution in [3.63, 3.8) is 0 Å². The van der Waals surface area contributed by atoms with Crippen molar-refractivity contribution in [3.05, 3.63) is 63.7 Å². The first-order valence-corrected chi connectivity index (χ1v) is 10.9. The van der Waals surface area contributed by atoms with Crippen molar-refractivity contribution >= 4 is 11.0 Å². The van der Waals surface area contributed by atoms with Gasteiger partial charge in [-0.15, -0.1) is 0 Å². The minimum atomic E-state index is -0.777. The molecule has 3 heterocycles. The van der Waals surface area contributed by atoms with Crippen molar-refractivity contribution in [2.45, 2.75) is 25.4 Å². The minimum absolute atomic E-state index is 0.00717. The molecule has 11 heteroatoms. The maximum atomic E-state index is 14.0. The number of aromatic nitrogens is 2. The van der Waals surface area contributed by atoms with E-state index in [1.807, 2.05) is 0 Å². The number of hydrogen-bond donors (Lipinski definition) is 3.